The van der Waals surface area contributed by atoms with Crippen molar-refractivity contribution in [2.45, 2.75) is 38.8 Å². The molecule has 0 aliphatic rings. The minimum Gasteiger partial charge on any atom is -0.306 e. The summed E-state index contributed by atoms with van der Waals surface area (Å²) in [5.74, 6) is 0. The molecule has 0 aliphatic carbocycles. The van der Waals surface area contributed by atoms with Gasteiger partial charge in [-0.1, -0.05) is 87.0 Å². The van der Waals surface area contributed by atoms with Gasteiger partial charge in [-0.25, -0.2) is 4.98 Å². The number of para-hydroxylation sites is 2. The molecule has 232 valence electrons. The number of pyridine rings is 3. The van der Waals surface area contributed by atoms with Gasteiger partial charge in [0.25, 0.3) is 0 Å². The second-order valence-corrected chi connectivity index (χ2v) is 17.8. The molecule has 0 unspecified atom stereocenters. The average molecular weight is 806 g/mol. The minimum atomic E-state index is -2.46. The molecule has 0 saturated carbocycles. The zero-order valence-corrected chi connectivity index (χ0v) is 30.1. The zero-order valence-electron chi connectivity index (χ0n) is 26.8. The summed E-state index contributed by atoms with van der Waals surface area (Å²) in [4.78, 5) is 15.9. The van der Waals surface area contributed by atoms with Crippen LogP contribution in [0, 0.1) is 12.1 Å². The van der Waals surface area contributed by atoms with Crippen LogP contribution in [0.5, 0.6) is 0 Å². The molecule has 4 aromatic heterocycles. The fraction of sp³-hybridized carbons (Fsp3) is 0.146. The minimum absolute atomic E-state index is 0. The van der Waals surface area contributed by atoms with Gasteiger partial charge in [-0.05, 0) is 58.2 Å². The number of fused-ring (bicyclic) bond motifs is 7. The third-order valence-electron chi connectivity index (χ3n) is 9.66. The molecular formula is C41H34N4PtSi. The van der Waals surface area contributed by atoms with Gasteiger partial charge in [-0.2, -0.15) is 0 Å². The topological polar surface area (TPSA) is 43.1 Å². The summed E-state index contributed by atoms with van der Waals surface area (Å²) in [5, 5.41) is 6.92. The Bertz CT molecular complexity index is 2390. The summed E-state index contributed by atoms with van der Waals surface area (Å²) in [5.41, 5.74) is 7.75. The number of hydrogen-bond acceptors (Lipinski definition) is 3. The maximum Gasteiger partial charge on any atom is 2.00 e. The summed E-state index contributed by atoms with van der Waals surface area (Å²) < 4.78 is 2.20. The van der Waals surface area contributed by atoms with E-state index in [4.69, 9.17) is 15.0 Å². The van der Waals surface area contributed by atoms with Crippen LogP contribution >= 0.6 is 0 Å². The van der Waals surface area contributed by atoms with E-state index in [-0.39, 0.29) is 21.1 Å². The van der Waals surface area contributed by atoms with E-state index < -0.39 is 8.07 Å². The first-order chi connectivity index (χ1) is 22.5. The third-order valence-corrected chi connectivity index (χ3v) is 15.6. The van der Waals surface area contributed by atoms with E-state index in [0.29, 0.717) is 11.1 Å². The Labute approximate surface area is 290 Å². The number of rotatable bonds is 6. The SMILES string of the molecule is CC(C)[Si](c1cccc(-c2[c-]cccc2)n1)(c1cccc(-c2[c-]ccc3c2ccc2ccn4c5ccccc5nc4c23)n1)C(C)C.[Pt+2]. The van der Waals surface area contributed by atoms with Crippen LogP contribution in [-0.4, -0.2) is 27.4 Å². The van der Waals surface area contributed by atoms with Crippen molar-refractivity contribution in [3.8, 4) is 22.5 Å². The molecule has 0 spiro atoms. The normalized spacial score (nSPS) is 12.0. The van der Waals surface area contributed by atoms with E-state index in [1.807, 2.05) is 30.3 Å². The van der Waals surface area contributed by atoms with Crippen LogP contribution in [0.4, 0.5) is 0 Å². The van der Waals surface area contributed by atoms with Gasteiger partial charge < -0.3 is 9.97 Å². The fourth-order valence-electron chi connectivity index (χ4n) is 7.59. The van der Waals surface area contributed by atoms with Crippen LogP contribution in [0.2, 0.25) is 11.1 Å². The van der Waals surface area contributed by atoms with E-state index >= 15 is 0 Å². The van der Waals surface area contributed by atoms with Crippen molar-refractivity contribution >= 4 is 56.9 Å². The van der Waals surface area contributed by atoms with Crippen molar-refractivity contribution in [1.29, 1.82) is 0 Å². The predicted molar refractivity (Wildman–Crippen MR) is 194 cm³/mol. The molecule has 0 aliphatic heterocycles. The molecule has 0 amide bonds. The van der Waals surface area contributed by atoms with Crippen LogP contribution in [0.1, 0.15) is 27.7 Å². The van der Waals surface area contributed by atoms with Crippen molar-refractivity contribution in [3.05, 3.63) is 134 Å². The number of nitrogens with zero attached hydrogens (tertiary/aromatic N) is 4. The van der Waals surface area contributed by atoms with Crippen molar-refractivity contribution in [1.82, 2.24) is 19.4 Å². The average Bonchev–Trinajstić information content (AvgIpc) is 3.47. The Morgan fingerprint density at radius 3 is 2.09 bits per heavy atom. The number of imidazole rings is 1. The Balaban J connectivity index is 0.00000351. The summed E-state index contributed by atoms with van der Waals surface area (Å²) in [6, 6.07) is 47.2. The monoisotopic (exact) mass is 805 g/mol. The molecule has 0 saturated heterocycles. The zero-order chi connectivity index (χ0) is 31.4. The van der Waals surface area contributed by atoms with Gasteiger partial charge in [0.15, 0.2) is 8.07 Å². The van der Waals surface area contributed by atoms with Crippen LogP contribution < -0.4 is 10.6 Å². The molecule has 0 fully saturated rings. The molecule has 0 radical (unpaired) electrons. The van der Waals surface area contributed by atoms with Gasteiger partial charge in [-0.3, -0.25) is 4.40 Å². The Morgan fingerprint density at radius 2 is 1.34 bits per heavy atom. The molecule has 8 aromatic rings. The van der Waals surface area contributed by atoms with Crippen molar-refractivity contribution < 1.29 is 21.1 Å². The van der Waals surface area contributed by atoms with Crippen molar-refractivity contribution in [3.63, 3.8) is 0 Å². The summed E-state index contributed by atoms with van der Waals surface area (Å²) in [6.07, 6.45) is 2.13. The third kappa shape index (κ3) is 4.95. The van der Waals surface area contributed by atoms with Gasteiger partial charge in [0.1, 0.15) is 5.65 Å². The predicted octanol–water partition coefficient (Wildman–Crippen LogP) is 8.90. The quantitative estimate of drug-likeness (QED) is 0.0959. The molecule has 4 heterocycles. The molecule has 47 heavy (non-hydrogen) atoms. The summed E-state index contributed by atoms with van der Waals surface area (Å²) >= 11 is 0. The molecule has 0 atom stereocenters. The van der Waals surface area contributed by atoms with E-state index in [0.717, 1.165) is 60.7 Å². The molecule has 8 rings (SSSR count). The molecule has 0 bridgehead atoms. The van der Waals surface area contributed by atoms with Crippen LogP contribution in [0.3, 0.4) is 0 Å². The van der Waals surface area contributed by atoms with E-state index in [1.165, 1.54) is 10.7 Å². The standard InChI is InChI=1S/C41H34N4Si.Pt/c1-27(2)46(28(3)4,38-21-11-18-34(42-38)29-13-6-5-7-14-29)39-22-12-19-35(43-39)32-15-10-16-33-31(32)24-23-30-25-26-45-37-20-9-8-17-36(37)44-41(45)40(30)33;/h5-13,16-28H,1-4H3;/q-2;+2. The second-order valence-electron chi connectivity index (χ2n) is 12.7. The second kappa shape index (κ2) is 12.3. The molecule has 6 heteroatoms. The van der Waals surface area contributed by atoms with Crippen LogP contribution in [0.15, 0.2) is 121 Å². The largest absolute Gasteiger partial charge is 2.00 e. The molecular weight excluding hydrogens is 772 g/mol. The smallest absolute Gasteiger partial charge is 0.306 e. The van der Waals surface area contributed by atoms with E-state index in [9.17, 15) is 0 Å². The number of hydrogen-bond donors (Lipinski definition) is 0. The van der Waals surface area contributed by atoms with Gasteiger partial charge >= 0.3 is 21.1 Å². The first kappa shape index (κ1) is 31.2. The first-order valence-electron chi connectivity index (χ1n) is 16.0. The van der Waals surface area contributed by atoms with Crippen molar-refractivity contribution in [2.75, 3.05) is 0 Å². The van der Waals surface area contributed by atoms with Gasteiger partial charge in [0, 0.05) is 22.2 Å². The van der Waals surface area contributed by atoms with Gasteiger partial charge in [0.05, 0.1) is 11.0 Å². The van der Waals surface area contributed by atoms with E-state index in [1.54, 1.807) is 0 Å². The molecule has 4 aromatic carbocycles. The van der Waals surface area contributed by atoms with Gasteiger partial charge in [-0.15, -0.1) is 59.7 Å². The van der Waals surface area contributed by atoms with Crippen molar-refractivity contribution in [2.24, 2.45) is 0 Å². The summed E-state index contributed by atoms with van der Waals surface area (Å²) in [6.45, 7) is 9.39. The molecule has 0 N–H and O–H groups in total. The molecule has 4 nitrogen and oxygen atoms in total. The van der Waals surface area contributed by atoms with Gasteiger partial charge in [0.2, 0.25) is 0 Å². The van der Waals surface area contributed by atoms with Crippen LogP contribution in [-0.2, 0) is 21.1 Å². The van der Waals surface area contributed by atoms with Crippen LogP contribution in [0.25, 0.3) is 60.7 Å². The Hall–Kier alpha value is -4.44. The first-order valence-corrected chi connectivity index (χ1v) is 18.2. The summed E-state index contributed by atoms with van der Waals surface area (Å²) in [7, 11) is -2.46. The maximum atomic E-state index is 5.53. The maximum absolute atomic E-state index is 5.53. The number of benzene rings is 4. The Kier molecular flexibility index (Phi) is 8.15. The Morgan fingerprint density at radius 1 is 0.617 bits per heavy atom. The fourth-order valence-corrected chi connectivity index (χ4v) is 12.9. The number of aromatic nitrogens is 4. The van der Waals surface area contributed by atoms with E-state index in [2.05, 4.69) is 135 Å².